The molecule has 3 unspecified atom stereocenters. The van der Waals surface area contributed by atoms with Gasteiger partial charge in [-0.15, -0.1) is 6.58 Å². The number of hydrogen-bond acceptors (Lipinski definition) is 5. The maximum Gasteiger partial charge on any atom is 0.310 e. The van der Waals surface area contributed by atoms with Crippen LogP contribution in [0.2, 0.25) is 0 Å². The van der Waals surface area contributed by atoms with E-state index in [1.807, 2.05) is 18.7 Å². The van der Waals surface area contributed by atoms with Crippen LogP contribution < -0.4 is 0 Å². The maximum atomic E-state index is 14.4. The highest BCUT2D eigenvalue weighted by molar-refractivity contribution is 9.09. The van der Waals surface area contributed by atoms with E-state index in [1.165, 1.54) is 4.90 Å². The van der Waals surface area contributed by atoms with Gasteiger partial charge in [0.2, 0.25) is 11.8 Å². The molecule has 9 heteroatoms. The lowest BCUT2D eigenvalue weighted by Gasteiger charge is -2.43. The molecule has 34 heavy (non-hydrogen) atoms. The van der Waals surface area contributed by atoms with E-state index in [1.54, 1.807) is 6.08 Å². The molecule has 1 saturated carbocycles. The summed E-state index contributed by atoms with van der Waals surface area (Å²) in [5, 5.41) is 20.4. The molecule has 8 nitrogen and oxygen atoms in total. The molecule has 0 aromatic heterocycles. The summed E-state index contributed by atoms with van der Waals surface area (Å²) in [7, 11) is 0. The molecule has 0 aromatic carbocycles. The van der Waals surface area contributed by atoms with Crippen molar-refractivity contribution in [2.45, 2.75) is 93.5 Å². The molecule has 190 valence electrons. The lowest BCUT2D eigenvalue weighted by Crippen LogP contribution is -2.61. The Hall–Kier alpha value is -1.45. The Bertz CT molecular complexity index is 832. The lowest BCUT2D eigenvalue weighted by atomic mass is 9.70. The fourth-order valence-corrected chi connectivity index (χ4v) is 7.85. The van der Waals surface area contributed by atoms with Crippen LogP contribution in [-0.4, -0.2) is 85.6 Å². The number of hydrogen-bond donors (Lipinski definition) is 2. The number of aliphatic hydroxyl groups excluding tert-OH is 1. The fourth-order valence-electron chi connectivity index (χ4n) is 6.91. The van der Waals surface area contributed by atoms with Gasteiger partial charge in [0.25, 0.3) is 0 Å². The average molecular weight is 541 g/mol. The van der Waals surface area contributed by atoms with Gasteiger partial charge in [-0.05, 0) is 25.2 Å². The van der Waals surface area contributed by atoms with Crippen molar-refractivity contribution >= 4 is 33.7 Å². The number of alkyl halides is 1. The minimum atomic E-state index is -1.22. The smallest absolute Gasteiger partial charge is 0.310 e. The molecule has 3 saturated heterocycles. The molecule has 4 fully saturated rings. The first-order valence-electron chi connectivity index (χ1n) is 12.6. The summed E-state index contributed by atoms with van der Waals surface area (Å²) in [4.78, 5) is 43.7. The number of ether oxygens (including phenoxy) is 1. The second kappa shape index (κ2) is 9.90. The minimum Gasteiger partial charge on any atom is -0.481 e. The number of fused-ring (bicyclic) bond motifs is 1. The monoisotopic (exact) mass is 540 g/mol. The Morgan fingerprint density at radius 3 is 2.59 bits per heavy atom. The Balaban J connectivity index is 1.81. The SMILES string of the molecule is C=CCN(C(=O)C1N([C@@H](CO)[C@@H](C)CC)C(=O)[C@@H]2[C@@H](C(=O)O)[C@@H]3OC12CC3Br)C1CCCCC1. The molecule has 2 bridgehead atoms. The number of carboxylic acids is 1. The highest BCUT2D eigenvalue weighted by Gasteiger charge is 2.77. The maximum absolute atomic E-state index is 14.4. The molecule has 0 aromatic rings. The second-order valence-electron chi connectivity index (χ2n) is 10.5. The molecular weight excluding hydrogens is 504 g/mol. The highest BCUT2D eigenvalue weighted by atomic mass is 79.9. The number of aliphatic carboxylic acids is 1. The van der Waals surface area contributed by atoms with Crippen LogP contribution in [0, 0.1) is 17.8 Å². The molecule has 2 amide bonds. The summed E-state index contributed by atoms with van der Waals surface area (Å²) in [6.07, 6.45) is 7.16. The number of aliphatic hydroxyl groups is 1. The summed E-state index contributed by atoms with van der Waals surface area (Å²) in [5.74, 6) is -3.70. The molecule has 3 heterocycles. The highest BCUT2D eigenvalue weighted by Crippen LogP contribution is 2.60. The van der Waals surface area contributed by atoms with Crippen molar-refractivity contribution in [3.8, 4) is 0 Å². The number of carbonyl (C=O) groups is 3. The largest absolute Gasteiger partial charge is 0.481 e. The molecule has 3 aliphatic heterocycles. The first-order valence-corrected chi connectivity index (χ1v) is 13.5. The predicted octanol–water partition coefficient (Wildman–Crippen LogP) is 2.57. The van der Waals surface area contributed by atoms with Gasteiger partial charge < -0.3 is 24.7 Å². The normalized spacial score (nSPS) is 36.9. The number of halogens is 1. The van der Waals surface area contributed by atoms with E-state index in [4.69, 9.17) is 4.74 Å². The zero-order valence-electron chi connectivity index (χ0n) is 20.1. The fraction of sp³-hybridized carbons (Fsp3) is 0.800. The molecular formula is C25H37BrN2O6. The first-order chi connectivity index (χ1) is 16.2. The molecule has 2 N–H and O–H groups in total. The zero-order chi connectivity index (χ0) is 24.8. The van der Waals surface area contributed by atoms with E-state index in [0.717, 1.165) is 32.1 Å². The van der Waals surface area contributed by atoms with Gasteiger partial charge >= 0.3 is 5.97 Å². The summed E-state index contributed by atoms with van der Waals surface area (Å²) in [6, 6.07) is -1.50. The third-order valence-corrected chi connectivity index (χ3v) is 9.56. The minimum absolute atomic E-state index is 0.0523. The number of amides is 2. The van der Waals surface area contributed by atoms with Crippen LogP contribution >= 0.6 is 15.9 Å². The standard InChI is InChI=1S/C25H37BrN2O6/c1-4-11-27(15-9-7-6-8-10-15)23(31)21-25-12-16(26)20(34-25)18(24(32)33)19(25)22(30)28(21)17(13-29)14(3)5-2/h4,14-21,29H,1,5-13H2,2-3H3,(H,32,33)/t14-,16?,17-,18+,19-,20+,21?,25?/m0/s1. The van der Waals surface area contributed by atoms with Crippen molar-refractivity contribution in [2.24, 2.45) is 17.8 Å². The zero-order valence-corrected chi connectivity index (χ0v) is 21.7. The van der Waals surface area contributed by atoms with E-state index in [0.29, 0.717) is 19.4 Å². The van der Waals surface area contributed by atoms with Crippen molar-refractivity contribution in [2.75, 3.05) is 13.2 Å². The van der Waals surface area contributed by atoms with Crippen LogP contribution in [0.5, 0.6) is 0 Å². The summed E-state index contributed by atoms with van der Waals surface area (Å²) >= 11 is 3.58. The summed E-state index contributed by atoms with van der Waals surface area (Å²) in [6.45, 7) is 7.85. The van der Waals surface area contributed by atoms with Crippen molar-refractivity contribution < 1.29 is 29.3 Å². The Kier molecular flexibility index (Phi) is 7.46. The van der Waals surface area contributed by atoms with E-state index in [2.05, 4.69) is 22.5 Å². The molecule has 4 rings (SSSR count). The topological polar surface area (TPSA) is 107 Å². The van der Waals surface area contributed by atoms with E-state index in [-0.39, 0.29) is 35.2 Å². The predicted molar refractivity (Wildman–Crippen MR) is 129 cm³/mol. The number of carboxylic acid groups (broad SMARTS) is 1. The van der Waals surface area contributed by atoms with Crippen molar-refractivity contribution in [1.82, 2.24) is 9.80 Å². The Morgan fingerprint density at radius 2 is 2.03 bits per heavy atom. The molecule has 1 spiro atoms. The van der Waals surface area contributed by atoms with Crippen LogP contribution in [0.3, 0.4) is 0 Å². The molecule has 4 aliphatic rings. The Morgan fingerprint density at radius 1 is 1.35 bits per heavy atom. The first kappa shape index (κ1) is 25.6. The van der Waals surface area contributed by atoms with Crippen LogP contribution in [-0.2, 0) is 19.1 Å². The molecule has 8 atom stereocenters. The van der Waals surface area contributed by atoms with Gasteiger partial charge in [0.05, 0.1) is 30.6 Å². The summed E-state index contributed by atoms with van der Waals surface area (Å²) < 4.78 is 6.38. The van der Waals surface area contributed by atoms with Crippen molar-refractivity contribution in [1.29, 1.82) is 0 Å². The molecule has 0 radical (unpaired) electrons. The van der Waals surface area contributed by atoms with Gasteiger partial charge in [-0.3, -0.25) is 14.4 Å². The number of nitrogens with zero attached hydrogens (tertiary/aromatic N) is 2. The lowest BCUT2D eigenvalue weighted by molar-refractivity contribution is -0.155. The quantitative estimate of drug-likeness (QED) is 0.343. The van der Waals surface area contributed by atoms with Crippen LogP contribution in [0.25, 0.3) is 0 Å². The van der Waals surface area contributed by atoms with E-state index in [9.17, 15) is 24.6 Å². The van der Waals surface area contributed by atoms with Gasteiger partial charge in [0, 0.05) is 17.4 Å². The average Bonchev–Trinajstić information content (AvgIpc) is 3.42. The van der Waals surface area contributed by atoms with E-state index >= 15 is 0 Å². The van der Waals surface area contributed by atoms with Crippen LogP contribution in [0.4, 0.5) is 0 Å². The van der Waals surface area contributed by atoms with Crippen molar-refractivity contribution in [3.05, 3.63) is 12.7 Å². The Labute approximate surface area is 209 Å². The van der Waals surface area contributed by atoms with Crippen LogP contribution in [0.15, 0.2) is 12.7 Å². The second-order valence-corrected chi connectivity index (χ2v) is 11.6. The van der Waals surface area contributed by atoms with Gasteiger partial charge in [-0.1, -0.05) is 61.5 Å². The summed E-state index contributed by atoms with van der Waals surface area (Å²) in [5.41, 5.74) is -1.22. The van der Waals surface area contributed by atoms with Crippen molar-refractivity contribution in [3.63, 3.8) is 0 Å². The van der Waals surface area contributed by atoms with Gasteiger partial charge in [-0.2, -0.15) is 0 Å². The van der Waals surface area contributed by atoms with Gasteiger partial charge in [0.15, 0.2) is 0 Å². The van der Waals surface area contributed by atoms with E-state index < -0.39 is 41.6 Å². The number of likely N-dealkylation sites (tertiary alicyclic amines) is 1. The number of rotatable bonds is 9. The van der Waals surface area contributed by atoms with Crippen LogP contribution in [0.1, 0.15) is 58.8 Å². The third kappa shape index (κ3) is 3.82. The number of carbonyl (C=O) groups excluding carboxylic acids is 2. The van der Waals surface area contributed by atoms with Gasteiger partial charge in [0.1, 0.15) is 11.6 Å². The molecule has 1 aliphatic carbocycles. The third-order valence-electron chi connectivity index (χ3n) is 8.72. The van der Waals surface area contributed by atoms with Gasteiger partial charge in [-0.25, -0.2) is 0 Å².